The number of halogens is 1. The van der Waals surface area contributed by atoms with Crippen molar-refractivity contribution in [3.05, 3.63) is 46.9 Å². The molecular formula is C18H26FN3O. The molecule has 23 heavy (non-hydrogen) atoms. The molecule has 0 bridgehead atoms. The fourth-order valence-electron chi connectivity index (χ4n) is 2.92. The van der Waals surface area contributed by atoms with Crippen LogP contribution in [0.2, 0.25) is 0 Å². The molecule has 0 spiro atoms. The van der Waals surface area contributed by atoms with E-state index in [0.717, 1.165) is 22.7 Å². The summed E-state index contributed by atoms with van der Waals surface area (Å²) in [6.07, 6.45) is 0. The Balaban J connectivity index is 2.25. The smallest absolute Gasteiger partial charge is 0.216 e. The molecule has 4 nitrogen and oxygen atoms in total. The van der Waals surface area contributed by atoms with Gasteiger partial charge < -0.3 is 10.1 Å². The first-order valence-corrected chi connectivity index (χ1v) is 7.79. The molecule has 0 fully saturated rings. The minimum absolute atomic E-state index is 0.0127. The molecule has 1 aromatic heterocycles. The second-order valence-corrected chi connectivity index (χ2v) is 6.93. The number of methoxy groups -OCH3 is 1. The molecule has 2 rings (SSSR count). The highest BCUT2D eigenvalue weighted by atomic mass is 19.1. The normalized spacial score (nSPS) is 13.2. The lowest BCUT2D eigenvalue weighted by Crippen LogP contribution is -2.32. The van der Waals surface area contributed by atoms with Gasteiger partial charge in [0.25, 0.3) is 0 Å². The molecule has 0 amide bonds. The third-order valence-corrected chi connectivity index (χ3v) is 4.03. The Morgan fingerprint density at radius 1 is 1.26 bits per heavy atom. The number of aromatic nitrogens is 2. The summed E-state index contributed by atoms with van der Waals surface area (Å²) in [7, 11) is 3.53. The Kier molecular flexibility index (Phi) is 5.09. The van der Waals surface area contributed by atoms with Gasteiger partial charge in [-0.3, -0.25) is 0 Å². The molecule has 126 valence electrons. The Bertz CT molecular complexity index is 656. The van der Waals surface area contributed by atoms with Gasteiger partial charge in [0.05, 0.1) is 18.4 Å². The van der Waals surface area contributed by atoms with Crippen molar-refractivity contribution in [2.24, 2.45) is 12.5 Å². The van der Waals surface area contributed by atoms with E-state index < -0.39 is 0 Å². The van der Waals surface area contributed by atoms with Crippen molar-refractivity contribution in [3.63, 3.8) is 0 Å². The monoisotopic (exact) mass is 319 g/mol. The molecule has 5 heteroatoms. The van der Waals surface area contributed by atoms with E-state index in [9.17, 15) is 4.39 Å². The topological polar surface area (TPSA) is 39.1 Å². The molecule has 1 atom stereocenters. The molecule has 0 saturated carbocycles. The standard InChI is InChI=1S/C18H26FN3O/c1-12-15(17(23-6)22(5)21-12)11-20-16(18(2,3)4)13-7-9-14(19)10-8-13/h7-10,16,20H,11H2,1-6H3/t16-/m0/s1. The summed E-state index contributed by atoms with van der Waals surface area (Å²) in [6.45, 7) is 9.12. The second-order valence-electron chi connectivity index (χ2n) is 6.93. The molecule has 1 N–H and O–H groups in total. The summed E-state index contributed by atoms with van der Waals surface area (Å²) < 4.78 is 20.4. The zero-order chi connectivity index (χ0) is 17.2. The van der Waals surface area contributed by atoms with Gasteiger partial charge in [0.15, 0.2) is 0 Å². The first-order valence-electron chi connectivity index (χ1n) is 7.79. The van der Waals surface area contributed by atoms with Crippen molar-refractivity contribution in [1.29, 1.82) is 0 Å². The van der Waals surface area contributed by atoms with Crippen LogP contribution in [0.1, 0.15) is 43.6 Å². The molecule has 0 aliphatic carbocycles. The summed E-state index contributed by atoms with van der Waals surface area (Å²) in [5, 5.41) is 7.99. The lowest BCUT2D eigenvalue weighted by Gasteiger charge is -2.32. The predicted molar refractivity (Wildman–Crippen MR) is 89.9 cm³/mol. The van der Waals surface area contributed by atoms with Crippen LogP contribution in [-0.2, 0) is 13.6 Å². The number of hydrogen-bond donors (Lipinski definition) is 1. The lowest BCUT2D eigenvalue weighted by molar-refractivity contribution is 0.269. The van der Waals surface area contributed by atoms with Crippen molar-refractivity contribution in [3.8, 4) is 5.88 Å². The first-order chi connectivity index (χ1) is 10.7. The molecule has 0 aliphatic rings. The van der Waals surface area contributed by atoms with E-state index in [0.29, 0.717) is 6.54 Å². The fraction of sp³-hybridized carbons (Fsp3) is 0.500. The van der Waals surface area contributed by atoms with Gasteiger partial charge in [-0.25, -0.2) is 9.07 Å². The summed E-state index contributed by atoms with van der Waals surface area (Å²) in [6, 6.07) is 6.78. The van der Waals surface area contributed by atoms with Crippen LogP contribution < -0.4 is 10.1 Å². The van der Waals surface area contributed by atoms with Crippen LogP contribution >= 0.6 is 0 Å². The minimum atomic E-state index is -0.216. The maximum atomic E-state index is 13.2. The number of aryl methyl sites for hydroxylation is 2. The summed E-state index contributed by atoms with van der Waals surface area (Å²) in [4.78, 5) is 0. The number of ether oxygens (including phenoxy) is 1. The van der Waals surface area contributed by atoms with E-state index in [1.165, 1.54) is 12.1 Å². The molecule has 1 heterocycles. The van der Waals surface area contributed by atoms with Gasteiger partial charge in [0, 0.05) is 19.6 Å². The van der Waals surface area contributed by atoms with E-state index >= 15 is 0 Å². The van der Waals surface area contributed by atoms with Crippen LogP contribution in [0.5, 0.6) is 5.88 Å². The third kappa shape index (κ3) is 3.91. The Labute approximate surface area is 137 Å². The summed E-state index contributed by atoms with van der Waals surface area (Å²) in [5.74, 6) is 0.549. The Morgan fingerprint density at radius 3 is 2.39 bits per heavy atom. The molecule has 1 aromatic carbocycles. The number of rotatable bonds is 5. The predicted octanol–water partition coefficient (Wildman–Crippen LogP) is 3.75. The Hall–Kier alpha value is -1.88. The van der Waals surface area contributed by atoms with Gasteiger partial charge in [-0.1, -0.05) is 32.9 Å². The van der Waals surface area contributed by atoms with Crippen molar-refractivity contribution in [1.82, 2.24) is 15.1 Å². The number of nitrogens with zero attached hydrogens (tertiary/aromatic N) is 2. The highest BCUT2D eigenvalue weighted by Gasteiger charge is 2.27. The highest BCUT2D eigenvalue weighted by molar-refractivity contribution is 5.31. The molecule has 0 unspecified atom stereocenters. The first kappa shape index (κ1) is 17.5. The van der Waals surface area contributed by atoms with E-state index in [2.05, 4.69) is 31.2 Å². The number of nitrogens with one attached hydrogen (secondary N) is 1. The van der Waals surface area contributed by atoms with Crippen LogP contribution in [0.4, 0.5) is 4.39 Å². The molecular weight excluding hydrogens is 293 g/mol. The van der Waals surface area contributed by atoms with Gasteiger partial charge >= 0.3 is 0 Å². The van der Waals surface area contributed by atoms with Crippen molar-refractivity contribution in [2.75, 3.05) is 7.11 Å². The van der Waals surface area contributed by atoms with Crippen LogP contribution in [0.25, 0.3) is 0 Å². The van der Waals surface area contributed by atoms with E-state index in [4.69, 9.17) is 4.74 Å². The summed E-state index contributed by atoms with van der Waals surface area (Å²) >= 11 is 0. The zero-order valence-corrected chi connectivity index (χ0v) is 14.8. The highest BCUT2D eigenvalue weighted by Crippen LogP contribution is 2.33. The number of benzene rings is 1. The quantitative estimate of drug-likeness (QED) is 0.912. The Morgan fingerprint density at radius 2 is 1.87 bits per heavy atom. The fourth-order valence-corrected chi connectivity index (χ4v) is 2.92. The second kappa shape index (κ2) is 6.71. The van der Waals surface area contributed by atoms with Crippen LogP contribution in [0.3, 0.4) is 0 Å². The SMILES string of the molecule is COc1c(CN[C@@H](c2ccc(F)cc2)C(C)(C)C)c(C)nn1C. The van der Waals surface area contributed by atoms with Gasteiger partial charge in [-0.2, -0.15) is 5.10 Å². The zero-order valence-electron chi connectivity index (χ0n) is 14.8. The van der Waals surface area contributed by atoms with Gasteiger partial charge in [0.1, 0.15) is 5.82 Å². The van der Waals surface area contributed by atoms with E-state index in [-0.39, 0.29) is 17.3 Å². The van der Waals surface area contributed by atoms with Crippen molar-refractivity contribution >= 4 is 0 Å². The van der Waals surface area contributed by atoms with Crippen molar-refractivity contribution in [2.45, 2.75) is 40.3 Å². The molecule has 2 aromatic rings. The van der Waals surface area contributed by atoms with E-state index in [1.807, 2.05) is 26.1 Å². The largest absolute Gasteiger partial charge is 0.481 e. The molecule has 0 radical (unpaired) electrons. The average Bonchev–Trinajstić information content (AvgIpc) is 2.73. The maximum Gasteiger partial charge on any atom is 0.216 e. The third-order valence-electron chi connectivity index (χ3n) is 4.03. The average molecular weight is 319 g/mol. The maximum absolute atomic E-state index is 13.2. The van der Waals surface area contributed by atoms with Crippen LogP contribution in [-0.4, -0.2) is 16.9 Å². The summed E-state index contributed by atoms with van der Waals surface area (Å²) in [5.41, 5.74) is 3.05. The van der Waals surface area contributed by atoms with E-state index in [1.54, 1.807) is 11.8 Å². The van der Waals surface area contributed by atoms with Crippen LogP contribution in [0, 0.1) is 18.2 Å². The van der Waals surface area contributed by atoms with Gasteiger partial charge in [0.2, 0.25) is 5.88 Å². The van der Waals surface area contributed by atoms with Gasteiger partial charge in [-0.05, 0) is 30.0 Å². The van der Waals surface area contributed by atoms with Gasteiger partial charge in [-0.15, -0.1) is 0 Å². The lowest BCUT2D eigenvalue weighted by atomic mass is 9.82. The molecule has 0 saturated heterocycles. The minimum Gasteiger partial charge on any atom is -0.481 e. The molecule has 0 aliphatic heterocycles. The van der Waals surface area contributed by atoms with Crippen molar-refractivity contribution < 1.29 is 9.13 Å². The van der Waals surface area contributed by atoms with Crippen LogP contribution in [0.15, 0.2) is 24.3 Å². The number of hydrogen-bond acceptors (Lipinski definition) is 3.